The number of carboxylic acid groups (broad SMARTS) is 1. The minimum atomic E-state index is -1.11. The van der Waals surface area contributed by atoms with Crippen molar-refractivity contribution < 1.29 is 19.1 Å². The molecule has 1 amide bonds. The molecule has 0 unspecified atom stereocenters. The van der Waals surface area contributed by atoms with Gasteiger partial charge in [-0.2, -0.15) is 0 Å². The molecule has 1 rings (SSSR count). The maximum atomic E-state index is 11.6. The summed E-state index contributed by atoms with van der Waals surface area (Å²) in [6.07, 6.45) is 2.46. The van der Waals surface area contributed by atoms with Gasteiger partial charge in [0.2, 0.25) is 11.7 Å². The molecule has 0 spiro atoms. The molecule has 0 fully saturated rings. The highest BCUT2D eigenvalue weighted by Gasteiger charge is 2.12. The van der Waals surface area contributed by atoms with Crippen molar-refractivity contribution in [2.75, 3.05) is 0 Å². The highest BCUT2D eigenvalue weighted by Crippen LogP contribution is 2.12. The van der Waals surface area contributed by atoms with E-state index in [4.69, 9.17) is 9.52 Å². The van der Waals surface area contributed by atoms with Gasteiger partial charge >= 0.3 is 5.97 Å². The largest absolute Gasteiger partial charge is 0.475 e. The summed E-state index contributed by atoms with van der Waals surface area (Å²) in [6.45, 7) is 4.35. The van der Waals surface area contributed by atoms with Crippen molar-refractivity contribution in [3.05, 3.63) is 23.7 Å². The highest BCUT2D eigenvalue weighted by molar-refractivity contribution is 5.84. The molecule has 0 radical (unpaired) electrons. The number of carbonyl (C=O) groups is 2. The fraction of sp³-hybridized carbons (Fsp3) is 0.538. The van der Waals surface area contributed by atoms with Crippen LogP contribution in [0.1, 0.15) is 49.4 Å². The summed E-state index contributed by atoms with van der Waals surface area (Å²) in [4.78, 5) is 22.2. The Morgan fingerprint density at radius 2 is 2.00 bits per heavy atom. The molecule has 5 nitrogen and oxygen atoms in total. The zero-order chi connectivity index (χ0) is 13.5. The molecule has 18 heavy (non-hydrogen) atoms. The topological polar surface area (TPSA) is 79.5 Å². The van der Waals surface area contributed by atoms with Gasteiger partial charge in [0.15, 0.2) is 0 Å². The smallest absolute Gasteiger partial charge is 0.371 e. The molecule has 2 N–H and O–H groups in total. The Hall–Kier alpha value is -1.78. The van der Waals surface area contributed by atoms with Gasteiger partial charge in [0.25, 0.3) is 0 Å². The first-order valence-electron chi connectivity index (χ1n) is 6.15. The van der Waals surface area contributed by atoms with Gasteiger partial charge in [0.05, 0.1) is 6.54 Å². The number of rotatable bonds is 7. The Kier molecular flexibility index (Phi) is 5.42. The zero-order valence-corrected chi connectivity index (χ0v) is 10.7. The van der Waals surface area contributed by atoms with E-state index in [1.807, 2.05) is 0 Å². The lowest BCUT2D eigenvalue weighted by molar-refractivity contribution is -0.122. The normalized spacial score (nSPS) is 10.6. The van der Waals surface area contributed by atoms with Crippen LogP contribution in [-0.2, 0) is 11.3 Å². The third kappa shape index (κ3) is 4.24. The second kappa shape index (κ2) is 6.83. The summed E-state index contributed by atoms with van der Waals surface area (Å²) in [5.41, 5.74) is 0. The van der Waals surface area contributed by atoms with Crippen LogP contribution in [0, 0.1) is 5.92 Å². The summed E-state index contributed by atoms with van der Waals surface area (Å²) in [5, 5.41) is 11.4. The molecule has 100 valence electrons. The summed E-state index contributed by atoms with van der Waals surface area (Å²) in [5.74, 6) is -0.401. The van der Waals surface area contributed by atoms with Crippen LogP contribution >= 0.6 is 0 Å². The van der Waals surface area contributed by atoms with Gasteiger partial charge in [-0.25, -0.2) is 4.79 Å². The molecule has 0 saturated heterocycles. The standard InChI is InChI=1S/C13H19NO4/c1-3-9(4-2)7-12(15)14-8-10-5-6-11(18-10)13(16)17/h5-6,9H,3-4,7-8H2,1-2H3,(H,14,15)(H,16,17). The fourth-order valence-electron chi connectivity index (χ4n) is 1.69. The van der Waals surface area contributed by atoms with Crippen LogP contribution < -0.4 is 5.32 Å². The fourth-order valence-corrected chi connectivity index (χ4v) is 1.69. The van der Waals surface area contributed by atoms with E-state index in [9.17, 15) is 9.59 Å². The Bertz CT molecular complexity index is 407. The average molecular weight is 253 g/mol. The molecular formula is C13H19NO4. The van der Waals surface area contributed by atoms with E-state index in [1.54, 1.807) is 6.07 Å². The number of amides is 1. The van der Waals surface area contributed by atoms with E-state index in [0.717, 1.165) is 12.8 Å². The Morgan fingerprint density at radius 3 is 2.50 bits per heavy atom. The quantitative estimate of drug-likeness (QED) is 0.782. The third-order valence-corrected chi connectivity index (χ3v) is 2.96. The summed E-state index contributed by atoms with van der Waals surface area (Å²) in [7, 11) is 0. The van der Waals surface area contributed by atoms with Crippen molar-refractivity contribution in [3.63, 3.8) is 0 Å². The Labute approximate surface area is 106 Å². The van der Waals surface area contributed by atoms with Gasteiger partial charge in [-0.15, -0.1) is 0 Å². The molecule has 1 heterocycles. The van der Waals surface area contributed by atoms with Crippen LogP contribution in [0.3, 0.4) is 0 Å². The van der Waals surface area contributed by atoms with Gasteiger partial charge in [-0.3, -0.25) is 4.79 Å². The summed E-state index contributed by atoms with van der Waals surface area (Å²) >= 11 is 0. The van der Waals surface area contributed by atoms with Gasteiger partial charge in [0, 0.05) is 6.42 Å². The monoisotopic (exact) mass is 253 g/mol. The number of furan rings is 1. The van der Waals surface area contributed by atoms with Crippen LogP contribution in [0.15, 0.2) is 16.5 Å². The highest BCUT2D eigenvalue weighted by atomic mass is 16.4. The van der Waals surface area contributed by atoms with Crippen LogP contribution in [0.25, 0.3) is 0 Å². The van der Waals surface area contributed by atoms with Gasteiger partial charge in [-0.05, 0) is 18.1 Å². The number of aromatic carboxylic acids is 1. The van der Waals surface area contributed by atoms with E-state index in [2.05, 4.69) is 19.2 Å². The molecule has 0 saturated carbocycles. The van der Waals surface area contributed by atoms with E-state index in [-0.39, 0.29) is 18.2 Å². The molecule has 1 aromatic heterocycles. The van der Waals surface area contributed by atoms with Crippen molar-refractivity contribution in [2.45, 2.75) is 39.7 Å². The van der Waals surface area contributed by atoms with Gasteiger partial charge < -0.3 is 14.8 Å². The first-order chi connectivity index (χ1) is 8.56. The van der Waals surface area contributed by atoms with Crippen molar-refractivity contribution in [3.8, 4) is 0 Å². The van der Waals surface area contributed by atoms with Gasteiger partial charge in [-0.1, -0.05) is 26.7 Å². The SMILES string of the molecule is CCC(CC)CC(=O)NCc1ccc(C(=O)O)o1. The van der Waals surface area contributed by atoms with E-state index < -0.39 is 5.97 Å². The van der Waals surface area contributed by atoms with E-state index in [1.165, 1.54) is 6.07 Å². The van der Waals surface area contributed by atoms with Crippen LogP contribution in [0.5, 0.6) is 0 Å². The minimum absolute atomic E-state index is 0.0306. The maximum Gasteiger partial charge on any atom is 0.371 e. The summed E-state index contributed by atoms with van der Waals surface area (Å²) in [6, 6.07) is 2.94. The predicted octanol–water partition coefficient (Wildman–Crippen LogP) is 2.42. The third-order valence-electron chi connectivity index (χ3n) is 2.96. The molecule has 0 aliphatic heterocycles. The number of carboxylic acids is 1. The molecule has 0 aromatic carbocycles. The molecule has 5 heteroatoms. The number of nitrogens with one attached hydrogen (secondary N) is 1. The average Bonchev–Trinajstić information content (AvgIpc) is 2.82. The molecule has 1 aromatic rings. The zero-order valence-electron chi connectivity index (χ0n) is 10.7. The molecule has 0 bridgehead atoms. The second-order valence-electron chi connectivity index (χ2n) is 4.23. The number of carbonyl (C=O) groups excluding carboxylic acids is 1. The first kappa shape index (κ1) is 14.3. The van der Waals surface area contributed by atoms with Crippen LogP contribution in [0.4, 0.5) is 0 Å². The maximum absolute atomic E-state index is 11.6. The number of hydrogen-bond donors (Lipinski definition) is 2. The second-order valence-corrected chi connectivity index (χ2v) is 4.23. The first-order valence-corrected chi connectivity index (χ1v) is 6.15. The molecule has 0 atom stereocenters. The lowest BCUT2D eigenvalue weighted by Gasteiger charge is -2.11. The molecular weight excluding hydrogens is 234 g/mol. The van der Waals surface area contributed by atoms with E-state index >= 15 is 0 Å². The van der Waals surface area contributed by atoms with Gasteiger partial charge in [0.1, 0.15) is 5.76 Å². The number of hydrogen-bond acceptors (Lipinski definition) is 3. The minimum Gasteiger partial charge on any atom is -0.475 e. The lowest BCUT2D eigenvalue weighted by Crippen LogP contribution is -2.24. The van der Waals surface area contributed by atoms with Crippen molar-refractivity contribution >= 4 is 11.9 Å². The molecule has 0 aliphatic carbocycles. The van der Waals surface area contributed by atoms with Crippen LogP contribution in [-0.4, -0.2) is 17.0 Å². The Morgan fingerprint density at radius 1 is 1.33 bits per heavy atom. The van der Waals surface area contributed by atoms with Crippen molar-refractivity contribution in [2.24, 2.45) is 5.92 Å². The predicted molar refractivity (Wildman–Crippen MR) is 66.2 cm³/mol. The lowest BCUT2D eigenvalue weighted by atomic mass is 9.99. The molecule has 0 aliphatic rings. The Balaban J connectivity index is 2.39. The summed E-state index contributed by atoms with van der Waals surface area (Å²) < 4.78 is 5.04. The van der Waals surface area contributed by atoms with Crippen molar-refractivity contribution in [1.29, 1.82) is 0 Å². The van der Waals surface area contributed by atoms with E-state index in [0.29, 0.717) is 18.1 Å². The van der Waals surface area contributed by atoms with Crippen LogP contribution in [0.2, 0.25) is 0 Å². The van der Waals surface area contributed by atoms with Crippen molar-refractivity contribution in [1.82, 2.24) is 5.32 Å².